The highest BCUT2D eigenvalue weighted by Gasteiger charge is 2.21. The van der Waals surface area contributed by atoms with Crippen LogP contribution in [0.5, 0.6) is 0 Å². The molecule has 0 unspecified atom stereocenters. The van der Waals surface area contributed by atoms with Gasteiger partial charge in [0.15, 0.2) is 0 Å². The molecule has 0 aliphatic rings. The van der Waals surface area contributed by atoms with Gasteiger partial charge in [0, 0.05) is 44.0 Å². The van der Waals surface area contributed by atoms with E-state index in [0.717, 1.165) is 11.4 Å². The first-order valence-corrected chi connectivity index (χ1v) is 17.2. The molecule has 0 saturated heterocycles. The van der Waals surface area contributed by atoms with Crippen molar-refractivity contribution in [2.45, 2.75) is 0 Å². The average Bonchev–Trinajstić information content (AvgIpc) is 3.72. The average molecular weight is 637 g/mol. The van der Waals surface area contributed by atoms with Crippen LogP contribution in [0.15, 0.2) is 194 Å². The lowest BCUT2D eigenvalue weighted by Gasteiger charge is -2.15. The Morgan fingerprint density at radius 3 is 1.40 bits per heavy atom. The molecule has 234 valence electrons. The molecule has 0 spiro atoms. The first kappa shape index (κ1) is 28.4. The van der Waals surface area contributed by atoms with Crippen molar-refractivity contribution in [2.75, 3.05) is 0 Å². The van der Waals surface area contributed by atoms with E-state index in [2.05, 4.69) is 203 Å². The van der Waals surface area contributed by atoms with Gasteiger partial charge in [-0.25, -0.2) is 0 Å². The summed E-state index contributed by atoms with van der Waals surface area (Å²) < 4.78 is 4.92. The molecule has 0 saturated carbocycles. The third-order valence-electron chi connectivity index (χ3n) is 10.1. The number of benzene rings is 8. The van der Waals surface area contributed by atoms with Crippen LogP contribution < -0.4 is 0 Å². The first-order chi connectivity index (χ1) is 24.8. The van der Waals surface area contributed by atoms with E-state index in [1.807, 2.05) is 0 Å². The van der Waals surface area contributed by atoms with E-state index in [-0.39, 0.29) is 0 Å². The zero-order chi connectivity index (χ0) is 33.0. The van der Waals surface area contributed by atoms with Gasteiger partial charge in [-0.1, -0.05) is 152 Å². The number of rotatable bonds is 5. The minimum absolute atomic E-state index is 1.15. The van der Waals surface area contributed by atoms with Gasteiger partial charge in [-0.05, 0) is 64.7 Å². The Bertz CT molecular complexity index is 2840. The Morgan fingerprint density at radius 1 is 0.260 bits per heavy atom. The number of nitrogens with zero attached hydrogens (tertiary/aromatic N) is 2. The third kappa shape index (κ3) is 4.43. The predicted molar refractivity (Wildman–Crippen MR) is 211 cm³/mol. The first-order valence-electron chi connectivity index (χ1n) is 17.2. The van der Waals surface area contributed by atoms with Crippen molar-refractivity contribution in [2.24, 2.45) is 0 Å². The molecule has 0 N–H and O–H groups in total. The summed E-state index contributed by atoms with van der Waals surface area (Å²) in [6, 6.07) is 70.4. The van der Waals surface area contributed by atoms with Crippen LogP contribution in [0.2, 0.25) is 0 Å². The van der Waals surface area contributed by atoms with Gasteiger partial charge >= 0.3 is 0 Å². The van der Waals surface area contributed by atoms with Gasteiger partial charge < -0.3 is 9.13 Å². The molecule has 10 rings (SSSR count). The molecule has 0 atom stereocenters. The van der Waals surface area contributed by atoms with E-state index in [1.54, 1.807) is 0 Å². The molecule has 0 radical (unpaired) electrons. The van der Waals surface area contributed by atoms with Crippen LogP contribution in [0.1, 0.15) is 0 Å². The molecule has 50 heavy (non-hydrogen) atoms. The molecule has 10 aromatic rings. The summed E-state index contributed by atoms with van der Waals surface area (Å²) in [5.41, 5.74) is 14.4. The molecule has 0 aliphatic heterocycles. The largest absolute Gasteiger partial charge is 0.309 e. The van der Waals surface area contributed by atoms with E-state index in [9.17, 15) is 0 Å². The highest BCUT2D eigenvalue weighted by Crippen LogP contribution is 2.44. The number of fused-ring (bicyclic) bond motifs is 6. The smallest absolute Gasteiger partial charge is 0.0620 e. The van der Waals surface area contributed by atoms with Crippen LogP contribution in [0, 0.1) is 0 Å². The van der Waals surface area contributed by atoms with E-state index in [0.29, 0.717) is 0 Å². The van der Waals surface area contributed by atoms with Crippen LogP contribution in [-0.2, 0) is 0 Å². The van der Waals surface area contributed by atoms with Crippen LogP contribution >= 0.6 is 0 Å². The lowest BCUT2D eigenvalue weighted by atomic mass is 9.98. The van der Waals surface area contributed by atoms with E-state index in [4.69, 9.17) is 0 Å². The van der Waals surface area contributed by atoms with Gasteiger partial charge in [0.05, 0.1) is 22.1 Å². The summed E-state index contributed by atoms with van der Waals surface area (Å²) >= 11 is 0. The molecular weight excluding hydrogens is 605 g/mol. The van der Waals surface area contributed by atoms with Crippen LogP contribution in [-0.4, -0.2) is 9.13 Å². The Balaban J connectivity index is 1.31. The topological polar surface area (TPSA) is 9.86 Å². The van der Waals surface area contributed by atoms with Gasteiger partial charge in [-0.15, -0.1) is 0 Å². The number of para-hydroxylation sites is 4. The molecule has 0 fully saturated rings. The second kappa shape index (κ2) is 11.5. The van der Waals surface area contributed by atoms with Crippen molar-refractivity contribution in [1.82, 2.24) is 9.13 Å². The number of aromatic nitrogens is 2. The number of hydrogen-bond donors (Lipinski definition) is 0. The highest BCUT2D eigenvalue weighted by molar-refractivity contribution is 6.19. The lowest BCUT2D eigenvalue weighted by Crippen LogP contribution is -1.98. The minimum atomic E-state index is 1.15. The molecular formula is C48H32N2. The van der Waals surface area contributed by atoms with Gasteiger partial charge in [0.1, 0.15) is 0 Å². The van der Waals surface area contributed by atoms with Crippen molar-refractivity contribution in [3.63, 3.8) is 0 Å². The van der Waals surface area contributed by atoms with E-state index >= 15 is 0 Å². The second-order valence-electron chi connectivity index (χ2n) is 12.9. The Labute approximate surface area is 290 Å². The SMILES string of the molecule is c1ccc(-c2cccc(-n3c4ccccc4c4cccc(-c5cccc6c7cc(-c8ccccc8)ccc7n(-c7ccccc7)c56)c43)c2)cc1. The zero-order valence-corrected chi connectivity index (χ0v) is 27.4. The summed E-state index contributed by atoms with van der Waals surface area (Å²) in [5, 5.41) is 4.98. The summed E-state index contributed by atoms with van der Waals surface area (Å²) in [4.78, 5) is 0. The normalized spacial score (nSPS) is 11.6. The summed E-state index contributed by atoms with van der Waals surface area (Å²) in [7, 11) is 0. The molecule has 2 heteroatoms. The van der Waals surface area contributed by atoms with Gasteiger partial charge in [-0.2, -0.15) is 0 Å². The second-order valence-corrected chi connectivity index (χ2v) is 12.9. The van der Waals surface area contributed by atoms with Crippen LogP contribution in [0.3, 0.4) is 0 Å². The molecule has 0 aliphatic carbocycles. The van der Waals surface area contributed by atoms with Gasteiger partial charge in [-0.3, -0.25) is 0 Å². The monoisotopic (exact) mass is 636 g/mol. The summed E-state index contributed by atoms with van der Waals surface area (Å²) in [6.45, 7) is 0. The minimum Gasteiger partial charge on any atom is -0.309 e. The van der Waals surface area contributed by atoms with Gasteiger partial charge in [0.2, 0.25) is 0 Å². The van der Waals surface area contributed by atoms with Crippen molar-refractivity contribution in [3.8, 4) is 44.8 Å². The molecule has 2 nitrogen and oxygen atoms in total. The number of hydrogen-bond acceptors (Lipinski definition) is 0. The lowest BCUT2D eigenvalue weighted by molar-refractivity contribution is 1.17. The van der Waals surface area contributed by atoms with E-state index in [1.165, 1.54) is 77.0 Å². The summed E-state index contributed by atoms with van der Waals surface area (Å²) in [5.74, 6) is 0. The van der Waals surface area contributed by atoms with Crippen molar-refractivity contribution in [3.05, 3.63) is 194 Å². The standard InChI is InChI=1S/C48H32N2/c1-4-15-33(16-5-1)35-19-12-22-38(31-35)50-45-28-11-10-23-39(45)40-24-13-25-41(47(40)50)42-26-14-27-43-44-32-36(34-17-6-2-7-18-34)29-30-46(44)49(48(42)43)37-20-8-3-9-21-37/h1-32H. The van der Waals surface area contributed by atoms with Crippen LogP contribution in [0.25, 0.3) is 88.4 Å². The molecule has 0 bridgehead atoms. The fourth-order valence-corrected chi connectivity index (χ4v) is 7.90. The molecule has 2 aromatic heterocycles. The maximum Gasteiger partial charge on any atom is 0.0620 e. The molecule has 2 heterocycles. The molecule has 8 aromatic carbocycles. The van der Waals surface area contributed by atoms with Crippen LogP contribution in [0.4, 0.5) is 0 Å². The maximum atomic E-state index is 2.47. The Hall–Kier alpha value is -6.64. The van der Waals surface area contributed by atoms with E-state index < -0.39 is 0 Å². The maximum absolute atomic E-state index is 2.47. The van der Waals surface area contributed by atoms with Gasteiger partial charge in [0.25, 0.3) is 0 Å². The van der Waals surface area contributed by atoms with Crippen molar-refractivity contribution in [1.29, 1.82) is 0 Å². The Morgan fingerprint density at radius 2 is 0.720 bits per heavy atom. The third-order valence-corrected chi connectivity index (χ3v) is 10.1. The highest BCUT2D eigenvalue weighted by atomic mass is 15.0. The zero-order valence-electron chi connectivity index (χ0n) is 27.4. The Kier molecular flexibility index (Phi) is 6.53. The van der Waals surface area contributed by atoms with Crippen molar-refractivity contribution < 1.29 is 0 Å². The summed E-state index contributed by atoms with van der Waals surface area (Å²) in [6.07, 6.45) is 0. The quantitative estimate of drug-likeness (QED) is 0.178. The van der Waals surface area contributed by atoms with Crippen molar-refractivity contribution >= 4 is 43.6 Å². The predicted octanol–water partition coefficient (Wildman–Crippen LogP) is 12.9. The molecule has 0 amide bonds. The fourth-order valence-electron chi connectivity index (χ4n) is 7.90. The fraction of sp³-hybridized carbons (Fsp3) is 0.